The van der Waals surface area contributed by atoms with E-state index in [1.54, 1.807) is 24.3 Å². The number of halogens is 3. The van der Waals surface area contributed by atoms with Crippen molar-refractivity contribution in [2.24, 2.45) is 0 Å². The van der Waals surface area contributed by atoms with Crippen LogP contribution in [-0.4, -0.2) is 0 Å². The fraction of sp³-hybridized carbons (Fsp3) is 0. The van der Waals surface area contributed by atoms with Crippen molar-refractivity contribution in [2.45, 2.75) is 0 Å². The Bertz CT molecular complexity index is 451. The largest absolute Gasteiger partial charge is 0.464 e. The van der Waals surface area contributed by atoms with Crippen LogP contribution in [0.5, 0.6) is 0 Å². The summed E-state index contributed by atoms with van der Waals surface area (Å²) in [6.07, 6.45) is 1.52. The van der Waals surface area contributed by atoms with Crippen molar-refractivity contribution in [3.63, 3.8) is 0 Å². The number of hydrogen-bond donors (Lipinski definition) is 0. The molecule has 0 aliphatic carbocycles. The second kappa shape index (κ2) is 3.87. The Kier molecular flexibility index (Phi) is 2.74. The summed E-state index contributed by atoms with van der Waals surface area (Å²) in [4.78, 5) is 0. The van der Waals surface area contributed by atoms with Gasteiger partial charge in [-0.05, 0) is 56.1 Å². The van der Waals surface area contributed by atoms with Crippen LogP contribution in [0.15, 0.2) is 43.9 Å². The second-order valence-electron chi connectivity index (χ2n) is 2.70. The molecule has 0 fully saturated rings. The average molecular weight is 320 g/mol. The minimum absolute atomic E-state index is 0.325. The molecule has 2 rings (SSSR count). The molecule has 1 aromatic carbocycles. The zero-order valence-corrected chi connectivity index (χ0v) is 10.1. The van der Waals surface area contributed by atoms with E-state index >= 15 is 0 Å². The van der Waals surface area contributed by atoms with Gasteiger partial charge in [0.1, 0.15) is 11.6 Å². The molecule has 0 spiro atoms. The van der Waals surface area contributed by atoms with Crippen LogP contribution in [0.1, 0.15) is 0 Å². The maximum Gasteiger partial charge on any atom is 0.149 e. The van der Waals surface area contributed by atoms with Crippen LogP contribution in [-0.2, 0) is 0 Å². The van der Waals surface area contributed by atoms with Gasteiger partial charge in [0.05, 0.1) is 16.3 Å². The van der Waals surface area contributed by atoms with E-state index in [2.05, 4.69) is 31.9 Å². The first-order valence-corrected chi connectivity index (χ1v) is 5.46. The SMILES string of the molecule is Fc1c(-c2ccco2)ccc(Br)c1Br. The summed E-state index contributed by atoms with van der Waals surface area (Å²) in [5, 5.41) is 0. The predicted molar refractivity (Wildman–Crippen MR) is 59.5 cm³/mol. The van der Waals surface area contributed by atoms with Gasteiger partial charge in [-0.15, -0.1) is 0 Å². The molecule has 0 radical (unpaired) electrons. The molecule has 0 atom stereocenters. The van der Waals surface area contributed by atoms with Crippen LogP contribution in [0, 0.1) is 5.82 Å². The summed E-state index contributed by atoms with van der Waals surface area (Å²) >= 11 is 6.38. The van der Waals surface area contributed by atoms with Gasteiger partial charge < -0.3 is 4.42 Å². The maximum atomic E-state index is 13.7. The number of benzene rings is 1. The molecule has 2 aromatic rings. The monoisotopic (exact) mass is 318 g/mol. The highest BCUT2D eigenvalue weighted by atomic mass is 79.9. The Labute approximate surface area is 97.2 Å². The van der Waals surface area contributed by atoms with E-state index in [0.29, 0.717) is 20.3 Å². The van der Waals surface area contributed by atoms with Crippen molar-refractivity contribution in [1.29, 1.82) is 0 Å². The first-order valence-electron chi connectivity index (χ1n) is 3.87. The zero-order chi connectivity index (χ0) is 10.1. The summed E-state index contributed by atoms with van der Waals surface area (Å²) in [6.45, 7) is 0. The standard InChI is InChI=1S/C10H5Br2FO/c11-7-4-3-6(10(13)9(7)12)8-2-1-5-14-8/h1-5H. The van der Waals surface area contributed by atoms with E-state index in [4.69, 9.17) is 4.42 Å². The van der Waals surface area contributed by atoms with Crippen LogP contribution < -0.4 is 0 Å². The van der Waals surface area contributed by atoms with Crippen LogP contribution in [0.2, 0.25) is 0 Å². The lowest BCUT2D eigenvalue weighted by Gasteiger charge is -2.03. The molecule has 0 bridgehead atoms. The van der Waals surface area contributed by atoms with Gasteiger partial charge in [0, 0.05) is 4.47 Å². The summed E-state index contributed by atoms with van der Waals surface area (Å²) < 4.78 is 19.9. The smallest absolute Gasteiger partial charge is 0.149 e. The lowest BCUT2D eigenvalue weighted by atomic mass is 10.1. The van der Waals surface area contributed by atoms with Gasteiger partial charge in [-0.25, -0.2) is 4.39 Å². The van der Waals surface area contributed by atoms with E-state index in [0.717, 1.165) is 0 Å². The number of hydrogen-bond acceptors (Lipinski definition) is 1. The third kappa shape index (κ3) is 1.64. The molecule has 4 heteroatoms. The highest BCUT2D eigenvalue weighted by molar-refractivity contribution is 9.13. The molecule has 0 aliphatic rings. The lowest BCUT2D eigenvalue weighted by Crippen LogP contribution is -1.85. The normalized spacial score (nSPS) is 10.5. The maximum absolute atomic E-state index is 13.7. The van der Waals surface area contributed by atoms with Crippen molar-refractivity contribution in [2.75, 3.05) is 0 Å². The van der Waals surface area contributed by atoms with Crippen LogP contribution in [0.4, 0.5) is 4.39 Å². The van der Waals surface area contributed by atoms with Gasteiger partial charge in [0.25, 0.3) is 0 Å². The summed E-state index contributed by atoms with van der Waals surface area (Å²) in [5.74, 6) is 0.199. The summed E-state index contributed by atoms with van der Waals surface area (Å²) in [5.41, 5.74) is 0.449. The summed E-state index contributed by atoms with van der Waals surface area (Å²) in [6, 6.07) is 6.89. The minimum Gasteiger partial charge on any atom is -0.464 e. The second-order valence-corrected chi connectivity index (χ2v) is 4.35. The van der Waals surface area contributed by atoms with Crippen molar-refractivity contribution >= 4 is 31.9 Å². The Morgan fingerprint density at radius 2 is 1.93 bits per heavy atom. The van der Waals surface area contributed by atoms with Gasteiger partial charge in [-0.3, -0.25) is 0 Å². The van der Waals surface area contributed by atoms with E-state index < -0.39 is 0 Å². The molecule has 14 heavy (non-hydrogen) atoms. The topological polar surface area (TPSA) is 13.1 Å². The minimum atomic E-state index is -0.325. The number of rotatable bonds is 1. The molecule has 0 unspecified atom stereocenters. The molecule has 0 amide bonds. The number of furan rings is 1. The first kappa shape index (κ1) is 9.93. The van der Waals surface area contributed by atoms with Crippen LogP contribution in [0.25, 0.3) is 11.3 Å². The van der Waals surface area contributed by atoms with Gasteiger partial charge in [-0.1, -0.05) is 0 Å². The molecule has 0 saturated carbocycles. The van der Waals surface area contributed by atoms with Crippen LogP contribution in [0.3, 0.4) is 0 Å². The van der Waals surface area contributed by atoms with E-state index in [1.165, 1.54) is 6.26 Å². The van der Waals surface area contributed by atoms with Crippen molar-refractivity contribution in [3.05, 3.63) is 45.3 Å². The van der Waals surface area contributed by atoms with Crippen molar-refractivity contribution in [3.8, 4) is 11.3 Å². The van der Waals surface area contributed by atoms with Crippen LogP contribution >= 0.6 is 31.9 Å². The molecule has 1 nitrogen and oxygen atoms in total. The fourth-order valence-corrected chi connectivity index (χ4v) is 1.80. The van der Waals surface area contributed by atoms with E-state index in [-0.39, 0.29) is 5.82 Å². The molecular weight excluding hydrogens is 315 g/mol. The van der Waals surface area contributed by atoms with Crippen molar-refractivity contribution < 1.29 is 8.81 Å². The highest BCUT2D eigenvalue weighted by Gasteiger charge is 2.12. The Morgan fingerprint density at radius 3 is 2.57 bits per heavy atom. The third-order valence-corrected chi connectivity index (χ3v) is 3.79. The molecule has 1 aromatic heterocycles. The Balaban J connectivity index is 2.61. The third-order valence-electron chi connectivity index (χ3n) is 1.82. The van der Waals surface area contributed by atoms with Gasteiger partial charge in [0.15, 0.2) is 0 Å². The van der Waals surface area contributed by atoms with Crippen molar-refractivity contribution in [1.82, 2.24) is 0 Å². The highest BCUT2D eigenvalue weighted by Crippen LogP contribution is 2.33. The fourth-order valence-electron chi connectivity index (χ4n) is 1.15. The molecule has 0 saturated heterocycles. The molecule has 72 valence electrons. The van der Waals surface area contributed by atoms with E-state index in [1.807, 2.05) is 0 Å². The average Bonchev–Trinajstić information content (AvgIpc) is 2.67. The van der Waals surface area contributed by atoms with E-state index in [9.17, 15) is 4.39 Å². The Hall–Kier alpha value is -0.610. The lowest BCUT2D eigenvalue weighted by molar-refractivity contribution is 0.568. The van der Waals surface area contributed by atoms with Gasteiger partial charge in [0.2, 0.25) is 0 Å². The molecule has 0 aliphatic heterocycles. The molecule has 1 heterocycles. The molecule has 0 N–H and O–H groups in total. The zero-order valence-electron chi connectivity index (χ0n) is 6.93. The predicted octanol–water partition coefficient (Wildman–Crippen LogP) is 4.61. The summed E-state index contributed by atoms with van der Waals surface area (Å²) in [7, 11) is 0. The first-order chi connectivity index (χ1) is 6.70. The Morgan fingerprint density at radius 1 is 1.14 bits per heavy atom. The molecular formula is C10H5Br2FO. The van der Waals surface area contributed by atoms with Gasteiger partial charge >= 0.3 is 0 Å². The quantitative estimate of drug-likeness (QED) is 0.700. The van der Waals surface area contributed by atoms with Gasteiger partial charge in [-0.2, -0.15) is 0 Å².